The van der Waals surface area contributed by atoms with Gasteiger partial charge in [0, 0.05) is 42.9 Å². The van der Waals surface area contributed by atoms with Crippen molar-refractivity contribution in [1.29, 1.82) is 0 Å². The Balaban J connectivity index is 1.21. The summed E-state index contributed by atoms with van der Waals surface area (Å²) in [7, 11) is 1.91. The van der Waals surface area contributed by atoms with Crippen molar-refractivity contribution >= 4 is 16.6 Å². The van der Waals surface area contributed by atoms with E-state index in [-0.39, 0.29) is 12.2 Å². The fourth-order valence-electron chi connectivity index (χ4n) is 4.66. The molecular formula is C26H29N7O2. The van der Waals surface area contributed by atoms with Gasteiger partial charge < -0.3 is 9.47 Å². The van der Waals surface area contributed by atoms with Crippen LogP contribution in [0.2, 0.25) is 0 Å². The van der Waals surface area contributed by atoms with Crippen LogP contribution >= 0.6 is 0 Å². The number of fused-ring (bicyclic) bond motifs is 2. The summed E-state index contributed by atoms with van der Waals surface area (Å²) >= 11 is 0. The van der Waals surface area contributed by atoms with Crippen LogP contribution in [-0.2, 0) is 23.1 Å². The summed E-state index contributed by atoms with van der Waals surface area (Å²) in [6, 6.07) is 10.4. The van der Waals surface area contributed by atoms with Crippen molar-refractivity contribution in [3.63, 3.8) is 0 Å². The maximum absolute atomic E-state index is 5.87. The van der Waals surface area contributed by atoms with Crippen molar-refractivity contribution in [2.45, 2.75) is 44.9 Å². The highest BCUT2D eigenvalue weighted by Gasteiger charge is 2.17. The molecule has 1 aliphatic rings. The van der Waals surface area contributed by atoms with Gasteiger partial charge in [-0.2, -0.15) is 15.3 Å². The minimum Gasteiger partial charge on any atom is -0.353 e. The predicted octanol–water partition coefficient (Wildman–Crippen LogP) is 4.17. The standard InChI is InChI=1S/C26H29N7O2/c1-18(24-15-27-25-9-8-23(30-33(24)25)21-14-28-31(2)16-21)19-6-7-22-20(13-19)17-32(29-22)10-12-35-26-5-3-4-11-34-26/h6-9,13-18,26H,3-5,10-12H2,1-2H3. The van der Waals surface area contributed by atoms with Crippen LogP contribution in [0.3, 0.4) is 0 Å². The topological polar surface area (TPSA) is 84.3 Å². The zero-order valence-corrected chi connectivity index (χ0v) is 20.0. The molecule has 0 aliphatic carbocycles. The molecule has 1 fully saturated rings. The van der Waals surface area contributed by atoms with E-state index in [0.29, 0.717) is 13.2 Å². The van der Waals surface area contributed by atoms with Crippen LogP contribution in [0.15, 0.2) is 55.1 Å². The van der Waals surface area contributed by atoms with Gasteiger partial charge in [0.1, 0.15) is 0 Å². The Morgan fingerprint density at radius 3 is 2.89 bits per heavy atom. The van der Waals surface area contributed by atoms with Crippen molar-refractivity contribution in [2.75, 3.05) is 13.2 Å². The van der Waals surface area contributed by atoms with Gasteiger partial charge in [-0.1, -0.05) is 13.0 Å². The highest BCUT2D eigenvalue weighted by molar-refractivity contribution is 5.79. The van der Waals surface area contributed by atoms with Crippen LogP contribution in [0.1, 0.15) is 43.4 Å². The average Bonchev–Trinajstić information content (AvgIpc) is 3.61. The van der Waals surface area contributed by atoms with Gasteiger partial charge in [0.25, 0.3) is 0 Å². The summed E-state index contributed by atoms with van der Waals surface area (Å²) in [5.74, 6) is 0.112. The zero-order chi connectivity index (χ0) is 23.8. The van der Waals surface area contributed by atoms with E-state index in [2.05, 4.69) is 41.4 Å². The van der Waals surface area contributed by atoms with Crippen LogP contribution in [0.4, 0.5) is 0 Å². The zero-order valence-electron chi connectivity index (χ0n) is 20.0. The molecule has 0 amide bonds. The van der Waals surface area contributed by atoms with Gasteiger partial charge in [-0.3, -0.25) is 9.36 Å². The quantitative estimate of drug-likeness (QED) is 0.354. The van der Waals surface area contributed by atoms with E-state index < -0.39 is 0 Å². The smallest absolute Gasteiger partial charge is 0.157 e. The lowest BCUT2D eigenvalue weighted by Crippen LogP contribution is -2.24. The molecule has 5 heterocycles. The molecule has 35 heavy (non-hydrogen) atoms. The Bertz CT molecular complexity index is 1460. The van der Waals surface area contributed by atoms with Gasteiger partial charge in [0.15, 0.2) is 11.9 Å². The molecule has 1 aromatic carbocycles. The number of ether oxygens (including phenoxy) is 2. The van der Waals surface area contributed by atoms with Crippen LogP contribution < -0.4 is 0 Å². The highest BCUT2D eigenvalue weighted by Crippen LogP contribution is 2.28. The minimum atomic E-state index is -0.0704. The molecule has 6 rings (SSSR count). The van der Waals surface area contributed by atoms with Gasteiger partial charge in [-0.25, -0.2) is 9.50 Å². The van der Waals surface area contributed by atoms with Crippen molar-refractivity contribution in [2.24, 2.45) is 7.05 Å². The predicted molar refractivity (Wildman–Crippen MR) is 132 cm³/mol. The number of imidazole rings is 1. The number of hydrogen-bond donors (Lipinski definition) is 0. The van der Waals surface area contributed by atoms with E-state index in [4.69, 9.17) is 19.7 Å². The third kappa shape index (κ3) is 4.44. The molecule has 1 aliphatic heterocycles. The molecule has 9 nitrogen and oxygen atoms in total. The van der Waals surface area contributed by atoms with Gasteiger partial charge >= 0.3 is 0 Å². The largest absolute Gasteiger partial charge is 0.353 e. The number of aryl methyl sites for hydroxylation is 1. The number of aromatic nitrogens is 7. The van der Waals surface area contributed by atoms with Gasteiger partial charge in [-0.15, -0.1) is 0 Å². The van der Waals surface area contributed by atoms with Gasteiger partial charge in [0.2, 0.25) is 0 Å². The normalized spacial score (nSPS) is 17.4. The van der Waals surface area contributed by atoms with Gasteiger partial charge in [0.05, 0.1) is 42.4 Å². The van der Waals surface area contributed by atoms with E-state index in [1.165, 1.54) is 12.0 Å². The summed E-state index contributed by atoms with van der Waals surface area (Å²) in [5, 5.41) is 15.0. The lowest BCUT2D eigenvalue weighted by atomic mass is 9.97. The van der Waals surface area contributed by atoms with Crippen LogP contribution in [-0.4, -0.2) is 53.7 Å². The molecule has 0 N–H and O–H groups in total. The molecular weight excluding hydrogens is 442 g/mol. The van der Waals surface area contributed by atoms with Gasteiger partial charge in [-0.05, 0) is 49.1 Å². The molecule has 0 bridgehead atoms. The second kappa shape index (κ2) is 9.24. The molecule has 5 aromatic rings. The maximum Gasteiger partial charge on any atom is 0.157 e. The summed E-state index contributed by atoms with van der Waals surface area (Å²) in [6.07, 6.45) is 11.0. The maximum atomic E-state index is 5.87. The fraction of sp³-hybridized carbons (Fsp3) is 0.385. The van der Waals surface area contributed by atoms with E-state index in [9.17, 15) is 0 Å². The first-order chi connectivity index (χ1) is 17.1. The number of hydrogen-bond acceptors (Lipinski definition) is 6. The third-order valence-corrected chi connectivity index (χ3v) is 6.67. The Morgan fingerprint density at radius 2 is 2.06 bits per heavy atom. The number of nitrogens with zero attached hydrogens (tertiary/aromatic N) is 7. The first-order valence-electron chi connectivity index (χ1n) is 12.2. The average molecular weight is 472 g/mol. The monoisotopic (exact) mass is 471 g/mol. The second-order valence-electron chi connectivity index (χ2n) is 9.17. The first kappa shape index (κ1) is 21.9. The molecule has 2 unspecified atom stereocenters. The third-order valence-electron chi connectivity index (χ3n) is 6.67. The van der Waals surface area contributed by atoms with Crippen LogP contribution in [0.5, 0.6) is 0 Å². The molecule has 0 radical (unpaired) electrons. The van der Waals surface area contributed by atoms with E-state index in [0.717, 1.165) is 52.9 Å². The molecule has 9 heteroatoms. The SMILES string of the molecule is CC(c1ccc2nn(CCOC3CCCCO3)cc2c1)c1cnc2ccc(-c3cnn(C)c3)nn12. The van der Waals surface area contributed by atoms with Crippen LogP contribution in [0.25, 0.3) is 27.8 Å². The first-order valence-corrected chi connectivity index (χ1v) is 12.2. The molecule has 0 saturated carbocycles. The van der Waals surface area contributed by atoms with Crippen molar-refractivity contribution in [1.82, 2.24) is 34.2 Å². The van der Waals surface area contributed by atoms with E-state index >= 15 is 0 Å². The fourth-order valence-corrected chi connectivity index (χ4v) is 4.66. The molecule has 180 valence electrons. The van der Waals surface area contributed by atoms with E-state index in [1.54, 1.807) is 4.68 Å². The Morgan fingerprint density at radius 1 is 1.11 bits per heavy atom. The second-order valence-corrected chi connectivity index (χ2v) is 9.17. The highest BCUT2D eigenvalue weighted by atomic mass is 16.7. The lowest BCUT2D eigenvalue weighted by molar-refractivity contribution is -0.163. The van der Waals surface area contributed by atoms with Crippen molar-refractivity contribution in [3.05, 3.63) is 66.4 Å². The van der Waals surface area contributed by atoms with Crippen molar-refractivity contribution in [3.8, 4) is 11.3 Å². The number of rotatable bonds is 7. The summed E-state index contributed by atoms with van der Waals surface area (Å²) in [6.45, 7) is 4.28. The molecule has 0 spiro atoms. The number of benzene rings is 1. The summed E-state index contributed by atoms with van der Waals surface area (Å²) in [4.78, 5) is 4.58. The Kier molecular flexibility index (Phi) is 5.79. The summed E-state index contributed by atoms with van der Waals surface area (Å²) in [5.41, 5.74) is 5.89. The Labute approximate surface area is 203 Å². The molecule has 4 aromatic heterocycles. The summed E-state index contributed by atoms with van der Waals surface area (Å²) < 4.78 is 17.2. The van der Waals surface area contributed by atoms with E-state index in [1.807, 2.05) is 47.0 Å². The molecule has 1 saturated heterocycles. The Hall–Kier alpha value is -3.56. The molecule has 2 atom stereocenters. The van der Waals surface area contributed by atoms with Crippen LogP contribution in [0, 0.1) is 0 Å². The lowest BCUT2D eigenvalue weighted by Gasteiger charge is -2.22. The van der Waals surface area contributed by atoms with Crippen molar-refractivity contribution < 1.29 is 9.47 Å². The minimum absolute atomic E-state index is 0.0704.